The van der Waals surface area contributed by atoms with Crippen LogP contribution >= 0.6 is 11.3 Å². The quantitative estimate of drug-likeness (QED) is 0.687. The van der Waals surface area contributed by atoms with Gasteiger partial charge in [-0.25, -0.2) is 4.98 Å². The van der Waals surface area contributed by atoms with Crippen LogP contribution < -0.4 is 15.0 Å². The number of hydrogen-bond acceptors (Lipinski definition) is 5. The van der Waals surface area contributed by atoms with E-state index in [9.17, 15) is 9.59 Å². The average Bonchev–Trinajstić information content (AvgIpc) is 3.34. The number of nitrogens with one attached hydrogen (secondary N) is 1. The minimum Gasteiger partial charge on any atom is -0.495 e. The van der Waals surface area contributed by atoms with Crippen LogP contribution in [0.5, 0.6) is 5.75 Å². The number of carbonyl (C=O) groups is 2. The van der Waals surface area contributed by atoms with Crippen molar-refractivity contribution in [2.45, 2.75) is 51.9 Å². The van der Waals surface area contributed by atoms with Gasteiger partial charge in [0.25, 0.3) is 0 Å². The van der Waals surface area contributed by atoms with Gasteiger partial charge in [-0.1, -0.05) is 6.07 Å². The zero-order valence-electron chi connectivity index (χ0n) is 17.7. The normalized spacial score (nSPS) is 18.4. The Hall–Kier alpha value is -2.41. The van der Waals surface area contributed by atoms with Crippen molar-refractivity contribution in [2.75, 3.05) is 25.1 Å². The lowest BCUT2D eigenvalue weighted by Crippen LogP contribution is -2.33. The number of hydrogen-bond donors (Lipinski definition) is 1. The van der Waals surface area contributed by atoms with Gasteiger partial charge < -0.3 is 15.0 Å². The summed E-state index contributed by atoms with van der Waals surface area (Å²) in [5, 5.41) is 4.20. The molecule has 1 unspecified atom stereocenters. The number of anilines is 1. The number of ether oxygens (including phenoxy) is 1. The first-order valence-electron chi connectivity index (χ1n) is 10.8. The fraction of sp³-hybridized carbons (Fsp3) is 0.522. The lowest BCUT2D eigenvalue weighted by atomic mass is 10.0. The van der Waals surface area contributed by atoms with E-state index >= 15 is 0 Å². The van der Waals surface area contributed by atoms with Crippen LogP contribution in [-0.2, 0) is 28.9 Å². The number of rotatable bonds is 7. The summed E-state index contributed by atoms with van der Waals surface area (Å²) >= 11 is 1.84. The molecule has 1 aromatic carbocycles. The average molecular weight is 428 g/mol. The molecule has 2 amide bonds. The van der Waals surface area contributed by atoms with Crippen molar-refractivity contribution in [3.63, 3.8) is 0 Å². The Kier molecular flexibility index (Phi) is 6.37. The summed E-state index contributed by atoms with van der Waals surface area (Å²) in [6.07, 6.45) is 6.81. The molecule has 160 valence electrons. The topological polar surface area (TPSA) is 71.5 Å². The van der Waals surface area contributed by atoms with E-state index in [1.807, 2.05) is 36.5 Å². The van der Waals surface area contributed by atoms with Gasteiger partial charge in [0, 0.05) is 30.8 Å². The molecule has 6 nitrogen and oxygen atoms in total. The van der Waals surface area contributed by atoms with E-state index in [0.717, 1.165) is 30.5 Å². The molecule has 0 radical (unpaired) electrons. The molecule has 1 aliphatic heterocycles. The van der Waals surface area contributed by atoms with Gasteiger partial charge in [0.15, 0.2) is 0 Å². The van der Waals surface area contributed by atoms with Crippen molar-refractivity contribution < 1.29 is 14.3 Å². The maximum absolute atomic E-state index is 12.6. The summed E-state index contributed by atoms with van der Waals surface area (Å²) < 4.78 is 5.41. The zero-order valence-corrected chi connectivity index (χ0v) is 18.5. The first-order chi connectivity index (χ1) is 14.5. The fourth-order valence-electron chi connectivity index (χ4n) is 4.23. The molecule has 0 spiro atoms. The number of aromatic nitrogens is 1. The maximum atomic E-state index is 12.6. The molecule has 30 heavy (non-hydrogen) atoms. The van der Waals surface area contributed by atoms with Gasteiger partial charge in [0.1, 0.15) is 5.75 Å². The number of amides is 2. The lowest BCUT2D eigenvalue weighted by Gasteiger charge is -2.20. The second kappa shape index (κ2) is 9.16. The molecule has 1 aromatic heterocycles. The van der Waals surface area contributed by atoms with Gasteiger partial charge in [0.2, 0.25) is 11.8 Å². The standard InChI is InChI=1S/C23H29N3O3S/c1-15-9-10-19(29-2)18(12-15)26-14-16(13-22(26)27)23(28)24-11-5-8-21-25-17-6-3-4-7-20(17)30-21/h9-10,12,16H,3-8,11,13-14H2,1-2H3,(H,24,28). The minimum absolute atomic E-state index is 0.0348. The zero-order chi connectivity index (χ0) is 21.1. The van der Waals surface area contributed by atoms with Crippen LogP contribution in [0.3, 0.4) is 0 Å². The van der Waals surface area contributed by atoms with Gasteiger partial charge >= 0.3 is 0 Å². The molecule has 1 saturated heterocycles. The number of fused-ring (bicyclic) bond motifs is 1. The van der Waals surface area contributed by atoms with E-state index in [4.69, 9.17) is 9.72 Å². The highest BCUT2D eigenvalue weighted by Crippen LogP contribution is 2.34. The minimum atomic E-state index is -0.324. The molecule has 1 fully saturated rings. The number of nitrogens with zero attached hydrogens (tertiary/aromatic N) is 2. The molecule has 2 aliphatic rings. The third kappa shape index (κ3) is 4.51. The van der Waals surface area contributed by atoms with Crippen LogP contribution in [-0.4, -0.2) is 37.0 Å². The Morgan fingerprint density at radius 2 is 2.17 bits per heavy atom. The summed E-state index contributed by atoms with van der Waals surface area (Å²) in [5.41, 5.74) is 3.09. The lowest BCUT2D eigenvalue weighted by molar-refractivity contribution is -0.126. The maximum Gasteiger partial charge on any atom is 0.227 e. The van der Waals surface area contributed by atoms with Crippen molar-refractivity contribution in [1.82, 2.24) is 10.3 Å². The van der Waals surface area contributed by atoms with Crippen LogP contribution in [0.25, 0.3) is 0 Å². The summed E-state index contributed by atoms with van der Waals surface area (Å²) in [6, 6.07) is 5.75. The Morgan fingerprint density at radius 3 is 2.97 bits per heavy atom. The summed E-state index contributed by atoms with van der Waals surface area (Å²) in [7, 11) is 1.60. The van der Waals surface area contributed by atoms with E-state index in [-0.39, 0.29) is 24.2 Å². The molecule has 7 heteroatoms. The molecule has 4 rings (SSSR count). The van der Waals surface area contributed by atoms with E-state index in [1.54, 1.807) is 12.0 Å². The number of benzene rings is 1. The van der Waals surface area contributed by atoms with Gasteiger partial charge in [0.05, 0.1) is 29.4 Å². The summed E-state index contributed by atoms with van der Waals surface area (Å²) in [6.45, 7) is 2.98. The first kappa shape index (κ1) is 20.8. The predicted octanol–water partition coefficient (Wildman–Crippen LogP) is 3.44. The van der Waals surface area contributed by atoms with E-state index in [2.05, 4.69) is 5.32 Å². The SMILES string of the molecule is COc1ccc(C)cc1N1CC(C(=O)NCCCc2nc3c(s2)CCCC3)CC1=O. The molecule has 1 atom stereocenters. The van der Waals surface area contributed by atoms with Crippen molar-refractivity contribution in [2.24, 2.45) is 5.92 Å². The van der Waals surface area contributed by atoms with Gasteiger partial charge in [-0.15, -0.1) is 11.3 Å². The molecule has 0 saturated carbocycles. The Balaban J connectivity index is 1.28. The van der Waals surface area contributed by atoms with E-state index in [1.165, 1.54) is 34.8 Å². The second-order valence-electron chi connectivity index (χ2n) is 8.16. The van der Waals surface area contributed by atoms with E-state index in [0.29, 0.717) is 18.8 Å². The van der Waals surface area contributed by atoms with Crippen LogP contribution in [0, 0.1) is 12.8 Å². The number of aryl methyl sites for hydroxylation is 4. The molecule has 1 N–H and O–H groups in total. The van der Waals surface area contributed by atoms with Crippen molar-refractivity contribution in [1.29, 1.82) is 0 Å². The summed E-state index contributed by atoms with van der Waals surface area (Å²) in [5.74, 6) is 0.249. The third-order valence-electron chi connectivity index (χ3n) is 5.88. The van der Waals surface area contributed by atoms with Crippen molar-refractivity contribution in [3.05, 3.63) is 39.3 Å². The Labute approximate surface area is 181 Å². The van der Waals surface area contributed by atoms with Crippen LogP contribution in [0.1, 0.15) is 46.8 Å². The highest BCUT2D eigenvalue weighted by molar-refractivity contribution is 7.11. The first-order valence-corrected chi connectivity index (χ1v) is 11.6. The number of methoxy groups -OCH3 is 1. The highest BCUT2D eigenvalue weighted by atomic mass is 32.1. The molecular weight excluding hydrogens is 398 g/mol. The van der Waals surface area contributed by atoms with Crippen LogP contribution in [0.15, 0.2) is 18.2 Å². The smallest absolute Gasteiger partial charge is 0.227 e. The number of thiazole rings is 1. The van der Waals surface area contributed by atoms with Gasteiger partial charge in [-0.2, -0.15) is 0 Å². The fourth-order valence-corrected chi connectivity index (χ4v) is 5.43. The monoisotopic (exact) mass is 427 g/mol. The molecule has 0 bridgehead atoms. The predicted molar refractivity (Wildman–Crippen MR) is 118 cm³/mol. The van der Waals surface area contributed by atoms with Crippen LogP contribution in [0.4, 0.5) is 5.69 Å². The molecule has 2 heterocycles. The molecule has 1 aliphatic carbocycles. The Morgan fingerprint density at radius 1 is 1.33 bits per heavy atom. The van der Waals surface area contributed by atoms with Gasteiger partial charge in [-0.05, 0) is 56.7 Å². The molecular formula is C23H29N3O3S. The Bertz CT molecular complexity index is 916. The van der Waals surface area contributed by atoms with Crippen LogP contribution in [0.2, 0.25) is 0 Å². The van der Waals surface area contributed by atoms with Crippen molar-refractivity contribution in [3.8, 4) is 5.75 Å². The van der Waals surface area contributed by atoms with E-state index < -0.39 is 0 Å². The van der Waals surface area contributed by atoms with Crippen molar-refractivity contribution >= 4 is 28.8 Å². The summed E-state index contributed by atoms with van der Waals surface area (Å²) in [4.78, 5) is 33.1. The number of carbonyl (C=O) groups excluding carboxylic acids is 2. The second-order valence-corrected chi connectivity index (χ2v) is 9.33. The van der Waals surface area contributed by atoms with Gasteiger partial charge in [-0.3, -0.25) is 9.59 Å². The molecule has 2 aromatic rings. The third-order valence-corrected chi connectivity index (χ3v) is 7.09. The largest absolute Gasteiger partial charge is 0.495 e. The highest BCUT2D eigenvalue weighted by Gasteiger charge is 2.36.